The maximum atomic E-state index is 12.0. The molecule has 1 fully saturated rings. The molecule has 0 saturated carbocycles. The van der Waals surface area contributed by atoms with Crippen LogP contribution in [-0.4, -0.2) is 24.0 Å². The van der Waals surface area contributed by atoms with Gasteiger partial charge in [0.15, 0.2) is 0 Å². The molecule has 0 radical (unpaired) electrons. The lowest BCUT2D eigenvalue weighted by atomic mass is 10.1. The van der Waals surface area contributed by atoms with Crippen LogP contribution >= 0.6 is 0 Å². The summed E-state index contributed by atoms with van der Waals surface area (Å²) in [7, 11) is 0. The largest absolute Gasteiger partial charge is 0.469 e. The quantitative estimate of drug-likeness (QED) is 0.943. The molecule has 0 bridgehead atoms. The molecule has 2 aromatic heterocycles. The average Bonchev–Trinajstić information content (AvgIpc) is 3.00. The Morgan fingerprint density at radius 3 is 2.73 bits per heavy atom. The van der Waals surface area contributed by atoms with Gasteiger partial charge in [-0.1, -0.05) is 6.07 Å². The van der Waals surface area contributed by atoms with Gasteiger partial charge in [0.25, 0.3) is 5.91 Å². The molecule has 5 nitrogen and oxygen atoms in total. The Hall–Kier alpha value is -2.30. The summed E-state index contributed by atoms with van der Waals surface area (Å²) in [6, 6.07) is 5.75. The highest BCUT2D eigenvalue weighted by Gasteiger charge is 2.13. The van der Waals surface area contributed by atoms with Crippen LogP contribution in [0.25, 0.3) is 0 Å². The summed E-state index contributed by atoms with van der Waals surface area (Å²) >= 11 is 0. The lowest BCUT2D eigenvalue weighted by Gasteiger charge is -2.27. The molecule has 2 aromatic rings. The normalized spacial score (nSPS) is 14.9. The standard InChI is InChI=1S/C17H21N3O2/c1-13-15(7-10-22-13)17(21)19-12-14-5-6-16(18-11-14)20-8-3-2-4-9-20/h5-7,10-11H,2-4,8-9,12H2,1H3,(H,19,21). The summed E-state index contributed by atoms with van der Waals surface area (Å²) in [4.78, 5) is 18.9. The van der Waals surface area contributed by atoms with Gasteiger partial charge in [-0.3, -0.25) is 4.79 Å². The van der Waals surface area contributed by atoms with Crippen molar-refractivity contribution in [2.75, 3.05) is 18.0 Å². The van der Waals surface area contributed by atoms with Gasteiger partial charge in [-0.2, -0.15) is 0 Å². The lowest BCUT2D eigenvalue weighted by Crippen LogP contribution is -2.30. The number of carbonyl (C=O) groups is 1. The minimum absolute atomic E-state index is 0.119. The smallest absolute Gasteiger partial charge is 0.255 e. The highest BCUT2D eigenvalue weighted by atomic mass is 16.3. The molecule has 116 valence electrons. The highest BCUT2D eigenvalue weighted by Crippen LogP contribution is 2.17. The number of piperidine rings is 1. The van der Waals surface area contributed by atoms with Gasteiger partial charge in [0.1, 0.15) is 11.6 Å². The summed E-state index contributed by atoms with van der Waals surface area (Å²) in [5, 5.41) is 2.89. The Morgan fingerprint density at radius 1 is 1.27 bits per heavy atom. The fraction of sp³-hybridized carbons (Fsp3) is 0.412. The molecule has 0 atom stereocenters. The van der Waals surface area contributed by atoms with E-state index in [1.807, 2.05) is 18.3 Å². The summed E-state index contributed by atoms with van der Waals surface area (Å²) < 4.78 is 5.14. The van der Waals surface area contributed by atoms with Crippen LogP contribution < -0.4 is 10.2 Å². The first-order valence-electron chi connectivity index (χ1n) is 7.76. The monoisotopic (exact) mass is 299 g/mol. The first-order valence-corrected chi connectivity index (χ1v) is 7.76. The second-order valence-corrected chi connectivity index (χ2v) is 5.65. The Bertz CT molecular complexity index is 628. The number of aromatic nitrogens is 1. The Kier molecular flexibility index (Phi) is 4.42. The SMILES string of the molecule is Cc1occc1C(=O)NCc1ccc(N2CCCCC2)nc1. The fourth-order valence-corrected chi connectivity index (χ4v) is 2.73. The van der Waals surface area contributed by atoms with Gasteiger partial charge in [-0.15, -0.1) is 0 Å². The summed E-state index contributed by atoms with van der Waals surface area (Å²) in [5.74, 6) is 1.54. The van der Waals surface area contributed by atoms with Gasteiger partial charge in [0, 0.05) is 25.8 Å². The fourth-order valence-electron chi connectivity index (χ4n) is 2.73. The van der Waals surface area contributed by atoms with Crippen molar-refractivity contribution in [3.8, 4) is 0 Å². The number of rotatable bonds is 4. The molecule has 0 aliphatic carbocycles. The molecule has 1 amide bonds. The Labute approximate surface area is 130 Å². The number of carbonyl (C=O) groups excluding carboxylic acids is 1. The lowest BCUT2D eigenvalue weighted by molar-refractivity contribution is 0.0949. The number of nitrogens with zero attached hydrogens (tertiary/aromatic N) is 2. The predicted octanol–water partition coefficient (Wildman–Crippen LogP) is 2.90. The second kappa shape index (κ2) is 6.64. The number of anilines is 1. The third-order valence-corrected chi connectivity index (χ3v) is 4.05. The molecule has 3 heterocycles. The average molecular weight is 299 g/mol. The topological polar surface area (TPSA) is 58.4 Å². The molecule has 1 N–H and O–H groups in total. The summed E-state index contributed by atoms with van der Waals surface area (Å²) in [6.07, 6.45) is 7.16. The van der Waals surface area contributed by atoms with Crippen LogP contribution in [0.1, 0.15) is 40.9 Å². The molecule has 5 heteroatoms. The van der Waals surface area contributed by atoms with Crippen LogP contribution in [-0.2, 0) is 6.54 Å². The van der Waals surface area contributed by atoms with Gasteiger partial charge < -0.3 is 14.6 Å². The first kappa shape index (κ1) is 14.6. The van der Waals surface area contributed by atoms with Crippen molar-refractivity contribution in [1.82, 2.24) is 10.3 Å². The third kappa shape index (κ3) is 3.30. The van der Waals surface area contributed by atoms with Crippen LogP contribution in [0, 0.1) is 6.92 Å². The van der Waals surface area contributed by atoms with E-state index in [4.69, 9.17) is 4.42 Å². The molecule has 1 aliphatic heterocycles. The van der Waals surface area contributed by atoms with Crippen LogP contribution in [0.2, 0.25) is 0 Å². The van der Waals surface area contributed by atoms with E-state index in [0.717, 1.165) is 24.5 Å². The minimum Gasteiger partial charge on any atom is -0.469 e. The van der Waals surface area contributed by atoms with E-state index in [0.29, 0.717) is 17.9 Å². The second-order valence-electron chi connectivity index (χ2n) is 5.65. The van der Waals surface area contributed by atoms with Crippen LogP contribution in [0.5, 0.6) is 0 Å². The zero-order valence-electron chi connectivity index (χ0n) is 12.8. The van der Waals surface area contributed by atoms with E-state index >= 15 is 0 Å². The van der Waals surface area contributed by atoms with Gasteiger partial charge in [-0.25, -0.2) is 4.98 Å². The summed E-state index contributed by atoms with van der Waals surface area (Å²) in [6.45, 7) is 4.42. The molecule has 22 heavy (non-hydrogen) atoms. The van der Waals surface area contributed by atoms with Gasteiger partial charge in [-0.05, 0) is 43.9 Å². The van der Waals surface area contributed by atoms with E-state index in [1.54, 1.807) is 13.0 Å². The van der Waals surface area contributed by atoms with Crippen LogP contribution in [0.4, 0.5) is 5.82 Å². The van der Waals surface area contributed by atoms with Gasteiger partial charge >= 0.3 is 0 Å². The van der Waals surface area contributed by atoms with Crippen LogP contribution in [0.3, 0.4) is 0 Å². The molecular weight excluding hydrogens is 278 g/mol. The van der Waals surface area contributed by atoms with Crippen LogP contribution in [0.15, 0.2) is 35.1 Å². The van der Waals surface area contributed by atoms with E-state index in [-0.39, 0.29) is 5.91 Å². The minimum atomic E-state index is -0.119. The first-order chi connectivity index (χ1) is 10.7. The number of aryl methyl sites for hydroxylation is 1. The molecule has 1 aliphatic rings. The maximum absolute atomic E-state index is 12.0. The molecule has 0 spiro atoms. The zero-order valence-corrected chi connectivity index (χ0v) is 12.8. The number of hydrogen-bond acceptors (Lipinski definition) is 4. The van der Waals surface area contributed by atoms with Crippen molar-refractivity contribution < 1.29 is 9.21 Å². The van der Waals surface area contributed by atoms with Gasteiger partial charge in [0.2, 0.25) is 0 Å². The predicted molar refractivity (Wildman–Crippen MR) is 84.9 cm³/mol. The number of furan rings is 1. The van der Waals surface area contributed by atoms with Gasteiger partial charge in [0.05, 0.1) is 11.8 Å². The molecular formula is C17H21N3O2. The molecule has 3 rings (SSSR count). The Morgan fingerprint density at radius 2 is 2.09 bits per heavy atom. The molecule has 1 saturated heterocycles. The number of amides is 1. The summed E-state index contributed by atoms with van der Waals surface area (Å²) in [5.41, 5.74) is 1.58. The molecule has 0 aromatic carbocycles. The maximum Gasteiger partial charge on any atom is 0.255 e. The van der Waals surface area contributed by atoms with Crippen molar-refractivity contribution in [3.05, 3.63) is 47.5 Å². The van der Waals surface area contributed by atoms with Crippen molar-refractivity contribution >= 4 is 11.7 Å². The highest BCUT2D eigenvalue weighted by molar-refractivity contribution is 5.94. The Balaban J connectivity index is 1.57. The van der Waals surface area contributed by atoms with E-state index in [1.165, 1.54) is 25.5 Å². The number of hydrogen-bond donors (Lipinski definition) is 1. The van der Waals surface area contributed by atoms with Crippen molar-refractivity contribution in [3.63, 3.8) is 0 Å². The zero-order chi connectivity index (χ0) is 15.4. The van der Waals surface area contributed by atoms with Crippen molar-refractivity contribution in [1.29, 1.82) is 0 Å². The number of pyridine rings is 1. The van der Waals surface area contributed by atoms with Crippen molar-refractivity contribution in [2.45, 2.75) is 32.7 Å². The van der Waals surface area contributed by atoms with E-state index < -0.39 is 0 Å². The van der Waals surface area contributed by atoms with E-state index in [9.17, 15) is 4.79 Å². The van der Waals surface area contributed by atoms with Crippen molar-refractivity contribution in [2.24, 2.45) is 0 Å². The molecule has 0 unspecified atom stereocenters. The van der Waals surface area contributed by atoms with E-state index in [2.05, 4.69) is 15.2 Å². The third-order valence-electron chi connectivity index (χ3n) is 4.05. The number of nitrogens with one attached hydrogen (secondary N) is 1.